The number of carboxylic acid groups (broad SMARTS) is 1. The minimum atomic E-state index is -0.996. The molecule has 1 amide bonds. The SMILES string of the molecule is CCc1ocnc1C(=O)NC(CC(=O)O)c1ccc(Br)cc1. The number of halogens is 1. The Kier molecular flexibility index (Phi) is 5.32. The Morgan fingerprint density at radius 2 is 2.05 bits per heavy atom. The van der Waals surface area contributed by atoms with Crippen LogP contribution >= 0.6 is 15.9 Å². The van der Waals surface area contributed by atoms with Gasteiger partial charge in [0.05, 0.1) is 12.5 Å². The number of aliphatic carboxylic acids is 1. The Labute approximate surface area is 135 Å². The highest BCUT2D eigenvalue weighted by Crippen LogP contribution is 2.21. The van der Waals surface area contributed by atoms with E-state index in [0.717, 1.165) is 4.47 Å². The summed E-state index contributed by atoms with van der Waals surface area (Å²) in [5, 5.41) is 11.8. The maximum Gasteiger partial charge on any atom is 0.305 e. The number of aromatic nitrogens is 1. The standard InChI is InChI=1S/C15H15BrN2O4/c1-2-12-14(17-8-22-12)15(21)18-11(7-13(19)20)9-3-5-10(16)6-4-9/h3-6,8,11H,2,7H2,1H3,(H,18,21)(H,19,20). The van der Waals surface area contributed by atoms with E-state index >= 15 is 0 Å². The number of hydrogen-bond acceptors (Lipinski definition) is 4. The summed E-state index contributed by atoms with van der Waals surface area (Å²) in [6.07, 6.45) is 1.52. The molecule has 22 heavy (non-hydrogen) atoms. The molecular weight excluding hydrogens is 352 g/mol. The third-order valence-corrected chi connectivity index (χ3v) is 3.66. The molecule has 0 spiro atoms. The minimum absolute atomic E-state index is 0.190. The topological polar surface area (TPSA) is 92.4 Å². The fraction of sp³-hybridized carbons (Fsp3) is 0.267. The fourth-order valence-corrected chi connectivity index (χ4v) is 2.32. The first kappa shape index (κ1) is 16.2. The van der Waals surface area contributed by atoms with Gasteiger partial charge in [0.15, 0.2) is 12.1 Å². The summed E-state index contributed by atoms with van der Waals surface area (Å²) in [7, 11) is 0. The highest BCUT2D eigenvalue weighted by atomic mass is 79.9. The summed E-state index contributed by atoms with van der Waals surface area (Å²) in [5.74, 6) is -0.966. The van der Waals surface area contributed by atoms with E-state index in [1.54, 1.807) is 24.3 Å². The zero-order chi connectivity index (χ0) is 16.1. The lowest BCUT2D eigenvalue weighted by atomic mass is 10.0. The van der Waals surface area contributed by atoms with Crippen molar-refractivity contribution in [2.45, 2.75) is 25.8 Å². The van der Waals surface area contributed by atoms with Crippen molar-refractivity contribution in [2.75, 3.05) is 0 Å². The largest absolute Gasteiger partial charge is 0.481 e. The van der Waals surface area contributed by atoms with Gasteiger partial charge in [-0.15, -0.1) is 0 Å². The molecule has 2 aromatic rings. The van der Waals surface area contributed by atoms with Gasteiger partial charge in [0.25, 0.3) is 5.91 Å². The lowest BCUT2D eigenvalue weighted by molar-refractivity contribution is -0.137. The number of benzene rings is 1. The van der Waals surface area contributed by atoms with Crippen LogP contribution in [0.4, 0.5) is 0 Å². The van der Waals surface area contributed by atoms with Crippen LogP contribution in [0.1, 0.15) is 41.2 Å². The Morgan fingerprint density at radius 3 is 2.64 bits per heavy atom. The molecule has 2 N–H and O–H groups in total. The van der Waals surface area contributed by atoms with Crippen LogP contribution < -0.4 is 5.32 Å². The highest BCUT2D eigenvalue weighted by Gasteiger charge is 2.22. The molecule has 1 heterocycles. The van der Waals surface area contributed by atoms with Gasteiger partial charge in [-0.1, -0.05) is 35.0 Å². The smallest absolute Gasteiger partial charge is 0.305 e. The quantitative estimate of drug-likeness (QED) is 0.819. The lowest BCUT2D eigenvalue weighted by Gasteiger charge is -2.17. The van der Waals surface area contributed by atoms with Crippen LogP contribution in [0.25, 0.3) is 0 Å². The van der Waals surface area contributed by atoms with E-state index in [0.29, 0.717) is 17.7 Å². The van der Waals surface area contributed by atoms with Gasteiger partial charge in [-0.2, -0.15) is 0 Å². The molecule has 1 aromatic heterocycles. The average Bonchev–Trinajstić information content (AvgIpc) is 2.95. The number of nitrogens with one attached hydrogen (secondary N) is 1. The van der Waals surface area contributed by atoms with E-state index in [9.17, 15) is 9.59 Å². The number of rotatable bonds is 6. The zero-order valence-corrected chi connectivity index (χ0v) is 13.5. The van der Waals surface area contributed by atoms with Gasteiger partial charge in [0.2, 0.25) is 0 Å². The second-order valence-electron chi connectivity index (χ2n) is 4.65. The number of carboxylic acids is 1. The van der Waals surface area contributed by atoms with Crippen LogP contribution in [0.2, 0.25) is 0 Å². The van der Waals surface area contributed by atoms with Gasteiger partial charge >= 0.3 is 5.97 Å². The van der Waals surface area contributed by atoms with E-state index in [-0.39, 0.29) is 12.1 Å². The zero-order valence-electron chi connectivity index (χ0n) is 11.9. The highest BCUT2D eigenvalue weighted by molar-refractivity contribution is 9.10. The number of hydrogen-bond donors (Lipinski definition) is 2. The van der Waals surface area contributed by atoms with Crippen molar-refractivity contribution in [2.24, 2.45) is 0 Å². The van der Waals surface area contributed by atoms with Crippen LogP contribution in [-0.2, 0) is 11.2 Å². The van der Waals surface area contributed by atoms with Crippen molar-refractivity contribution >= 4 is 27.8 Å². The summed E-state index contributed by atoms with van der Waals surface area (Å²) in [4.78, 5) is 27.2. The number of aryl methyl sites for hydroxylation is 1. The van der Waals surface area contributed by atoms with Crippen LogP contribution in [0.15, 0.2) is 39.5 Å². The first-order valence-corrected chi connectivity index (χ1v) is 7.51. The van der Waals surface area contributed by atoms with Crippen molar-refractivity contribution in [3.8, 4) is 0 Å². The van der Waals surface area contributed by atoms with Crippen molar-refractivity contribution in [3.63, 3.8) is 0 Å². The Morgan fingerprint density at radius 1 is 1.36 bits per heavy atom. The summed E-state index contributed by atoms with van der Waals surface area (Å²) in [5.41, 5.74) is 0.899. The molecule has 0 aliphatic heterocycles. The number of nitrogens with zero attached hydrogens (tertiary/aromatic N) is 1. The Bertz CT molecular complexity index is 666. The van der Waals surface area contributed by atoms with Gasteiger partial charge in [0, 0.05) is 10.9 Å². The number of amides is 1. The lowest BCUT2D eigenvalue weighted by Crippen LogP contribution is -2.31. The second-order valence-corrected chi connectivity index (χ2v) is 5.57. The predicted octanol–water partition coefficient (Wildman–Crippen LogP) is 2.95. The van der Waals surface area contributed by atoms with E-state index < -0.39 is 17.9 Å². The number of carbonyl (C=O) groups excluding carboxylic acids is 1. The predicted molar refractivity (Wildman–Crippen MR) is 82.5 cm³/mol. The monoisotopic (exact) mass is 366 g/mol. The van der Waals surface area contributed by atoms with Crippen molar-refractivity contribution in [1.29, 1.82) is 0 Å². The molecule has 0 aliphatic carbocycles. The summed E-state index contributed by atoms with van der Waals surface area (Å²) in [6, 6.07) is 6.48. The second kappa shape index (κ2) is 7.22. The van der Waals surface area contributed by atoms with E-state index in [1.807, 2.05) is 6.92 Å². The molecule has 116 valence electrons. The maximum absolute atomic E-state index is 12.3. The normalized spacial score (nSPS) is 11.9. The molecule has 0 saturated carbocycles. The minimum Gasteiger partial charge on any atom is -0.481 e. The van der Waals surface area contributed by atoms with Gasteiger partial charge in [-0.05, 0) is 17.7 Å². The van der Waals surface area contributed by atoms with Crippen LogP contribution in [0, 0.1) is 0 Å². The summed E-state index contributed by atoms with van der Waals surface area (Å²) >= 11 is 3.32. The Balaban J connectivity index is 2.21. The third kappa shape index (κ3) is 3.94. The molecule has 0 aliphatic rings. The molecule has 6 nitrogen and oxygen atoms in total. The molecule has 0 fully saturated rings. The molecule has 0 radical (unpaired) electrons. The van der Waals surface area contributed by atoms with Crippen molar-refractivity contribution in [1.82, 2.24) is 10.3 Å². The van der Waals surface area contributed by atoms with Crippen molar-refractivity contribution < 1.29 is 19.1 Å². The fourth-order valence-electron chi connectivity index (χ4n) is 2.06. The van der Waals surface area contributed by atoms with Crippen LogP contribution in [0.5, 0.6) is 0 Å². The molecule has 0 bridgehead atoms. The average molecular weight is 367 g/mol. The third-order valence-electron chi connectivity index (χ3n) is 3.13. The Hall–Kier alpha value is -2.15. The van der Waals surface area contributed by atoms with Crippen LogP contribution in [-0.4, -0.2) is 22.0 Å². The molecule has 1 unspecified atom stereocenters. The van der Waals surface area contributed by atoms with Gasteiger partial charge in [0.1, 0.15) is 5.76 Å². The van der Waals surface area contributed by atoms with Crippen LogP contribution in [0.3, 0.4) is 0 Å². The number of carbonyl (C=O) groups is 2. The van der Waals surface area contributed by atoms with Gasteiger partial charge in [-0.3, -0.25) is 9.59 Å². The summed E-state index contributed by atoms with van der Waals surface area (Å²) in [6.45, 7) is 1.85. The first-order valence-electron chi connectivity index (χ1n) is 6.71. The van der Waals surface area contributed by atoms with E-state index in [1.165, 1.54) is 6.39 Å². The summed E-state index contributed by atoms with van der Waals surface area (Å²) < 4.78 is 6.00. The maximum atomic E-state index is 12.3. The van der Waals surface area contributed by atoms with E-state index in [2.05, 4.69) is 26.2 Å². The van der Waals surface area contributed by atoms with E-state index in [4.69, 9.17) is 9.52 Å². The molecule has 7 heteroatoms. The molecule has 1 atom stereocenters. The molecule has 2 rings (SSSR count). The first-order chi connectivity index (χ1) is 10.5. The molecular formula is C15H15BrN2O4. The van der Waals surface area contributed by atoms with Crippen molar-refractivity contribution in [3.05, 3.63) is 52.1 Å². The molecule has 0 saturated heterocycles. The molecule has 1 aromatic carbocycles. The number of oxazole rings is 1. The van der Waals surface area contributed by atoms with Gasteiger partial charge < -0.3 is 14.8 Å². The van der Waals surface area contributed by atoms with Gasteiger partial charge in [-0.25, -0.2) is 4.98 Å².